The van der Waals surface area contributed by atoms with Crippen LogP contribution in [0.1, 0.15) is 79.8 Å². The van der Waals surface area contributed by atoms with E-state index in [0.717, 1.165) is 5.56 Å². The molecule has 41 heavy (non-hydrogen) atoms. The van der Waals surface area contributed by atoms with E-state index in [1.54, 1.807) is 25.8 Å². The lowest BCUT2D eigenvalue weighted by atomic mass is 9.99. The molecule has 3 rings (SSSR count). The van der Waals surface area contributed by atoms with E-state index in [0.29, 0.717) is 58.2 Å². The molecule has 1 amide bonds. The SMILES string of the molecule is COc1cc(O[Si](C)(C)C(C)(C)C(C)C)c2c(c1C)C(=O)OC[C@H](CCl)CCC(=O)N[C@H](c1nc(C)no1)CSC2. The molecule has 0 saturated heterocycles. The summed E-state index contributed by atoms with van der Waals surface area (Å²) in [5.41, 5.74) is 1.87. The second kappa shape index (κ2) is 13.8. The summed E-state index contributed by atoms with van der Waals surface area (Å²) in [5.74, 6) is 2.75. The van der Waals surface area contributed by atoms with Gasteiger partial charge in [-0.3, -0.25) is 4.79 Å². The van der Waals surface area contributed by atoms with E-state index in [-0.39, 0.29) is 35.8 Å². The normalized spacial score (nSPS) is 19.7. The highest BCUT2D eigenvalue weighted by Gasteiger charge is 2.45. The van der Waals surface area contributed by atoms with Gasteiger partial charge in [-0.25, -0.2) is 4.79 Å². The van der Waals surface area contributed by atoms with Crippen LogP contribution in [0.25, 0.3) is 0 Å². The number of amides is 1. The maximum atomic E-state index is 13.7. The van der Waals surface area contributed by atoms with Gasteiger partial charge in [0.15, 0.2) is 5.82 Å². The van der Waals surface area contributed by atoms with Crippen molar-refractivity contribution in [1.29, 1.82) is 0 Å². The highest BCUT2D eigenvalue weighted by atomic mass is 35.5. The number of fused-ring (bicyclic) bond motifs is 1. The topological polar surface area (TPSA) is 113 Å². The molecule has 0 saturated carbocycles. The standard InChI is InChI=1S/C29H44ClN3O6SSi/c1-17(2)29(5,6)41(8,9)39-24-12-23(36-7)18(3)26-21(24)15-40-16-22(27-31-19(4)33-38-27)32-25(34)11-10-20(13-30)14-37-28(26)35/h12,17,20,22H,10-11,13-16H2,1-9H3,(H,32,34)/t20-,22-/m0/s1. The molecule has 228 valence electrons. The van der Waals surface area contributed by atoms with Crippen molar-refractivity contribution in [2.24, 2.45) is 11.8 Å². The fourth-order valence-corrected chi connectivity index (χ4v) is 8.29. The number of rotatable bonds is 7. The number of halogens is 1. The molecule has 0 aliphatic carbocycles. The Kier molecular flexibility index (Phi) is 11.2. The van der Waals surface area contributed by atoms with Gasteiger partial charge in [0.1, 0.15) is 17.5 Å². The molecule has 2 heterocycles. The number of methoxy groups -OCH3 is 1. The lowest BCUT2D eigenvalue weighted by Crippen LogP contribution is -2.48. The Bertz CT molecular complexity index is 1240. The molecule has 0 bridgehead atoms. The van der Waals surface area contributed by atoms with Gasteiger partial charge in [-0.15, -0.1) is 11.6 Å². The van der Waals surface area contributed by atoms with Crippen molar-refractivity contribution >= 4 is 43.6 Å². The highest BCUT2D eigenvalue weighted by molar-refractivity contribution is 7.98. The number of nitrogens with one attached hydrogen (secondary N) is 1. The summed E-state index contributed by atoms with van der Waals surface area (Å²) >= 11 is 7.75. The zero-order valence-electron chi connectivity index (χ0n) is 25.7. The summed E-state index contributed by atoms with van der Waals surface area (Å²) in [6.07, 6.45) is 0.698. The molecule has 1 aliphatic rings. The first-order chi connectivity index (χ1) is 19.2. The number of benzene rings is 1. The number of cyclic esters (lactones) is 1. The van der Waals surface area contributed by atoms with Gasteiger partial charge in [-0.1, -0.05) is 32.9 Å². The third-order valence-electron chi connectivity index (χ3n) is 8.55. The van der Waals surface area contributed by atoms with Crippen molar-refractivity contribution in [1.82, 2.24) is 15.5 Å². The van der Waals surface area contributed by atoms with E-state index in [4.69, 9.17) is 30.0 Å². The molecule has 0 spiro atoms. The second-order valence-electron chi connectivity index (χ2n) is 12.0. The first-order valence-corrected chi connectivity index (χ1v) is 18.6. The van der Waals surface area contributed by atoms with E-state index in [9.17, 15) is 9.59 Å². The van der Waals surface area contributed by atoms with Gasteiger partial charge in [0, 0.05) is 46.9 Å². The Balaban J connectivity index is 2.11. The lowest BCUT2D eigenvalue weighted by molar-refractivity contribution is -0.122. The molecule has 1 aromatic carbocycles. The van der Waals surface area contributed by atoms with E-state index in [1.807, 2.05) is 13.0 Å². The second-order valence-corrected chi connectivity index (χ2v) is 17.9. The van der Waals surface area contributed by atoms with Crippen LogP contribution in [0.3, 0.4) is 0 Å². The Labute approximate surface area is 253 Å². The minimum atomic E-state index is -2.37. The minimum Gasteiger partial charge on any atom is -0.543 e. The molecule has 0 radical (unpaired) electrons. The molecule has 0 unspecified atom stereocenters. The van der Waals surface area contributed by atoms with Gasteiger partial charge in [0.2, 0.25) is 11.8 Å². The van der Waals surface area contributed by atoms with E-state index in [1.165, 1.54) is 0 Å². The number of aryl methyl sites for hydroxylation is 1. The van der Waals surface area contributed by atoms with Gasteiger partial charge >= 0.3 is 5.97 Å². The van der Waals surface area contributed by atoms with Crippen molar-refractivity contribution in [2.45, 2.75) is 84.3 Å². The Hall–Kier alpha value is -2.24. The third kappa shape index (κ3) is 7.78. The molecular formula is C29H44ClN3O6SSi. The van der Waals surface area contributed by atoms with Crippen molar-refractivity contribution in [3.05, 3.63) is 34.5 Å². The fourth-order valence-electron chi connectivity index (χ4n) is 4.59. The van der Waals surface area contributed by atoms with Crippen molar-refractivity contribution in [2.75, 3.05) is 25.3 Å². The van der Waals surface area contributed by atoms with Gasteiger partial charge in [0.05, 0.1) is 19.3 Å². The van der Waals surface area contributed by atoms with Crippen molar-refractivity contribution in [3.8, 4) is 11.5 Å². The van der Waals surface area contributed by atoms with Crippen LogP contribution < -0.4 is 14.5 Å². The number of alkyl halides is 1. The zero-order chi connectivity index (χ0) is 30.5. The predicted molar refractivity (Wildman–Crippen MR) is 165 cm³/mol. The predicted octanol–water partition coefficient (Wildman–Crippen LogP) is 6.61. The maximum Gasteiger partial charge on any atom is 0.338 e. The monoisotopic (exact) mass is 625 g/mol. The van der Waals surface area contributed by atoms with Crippen LogP contribution in [0.15, 0.2) is 10.6 Å². The van der Waals surface area contributed by atoms with Crippen LogP contribution in [0.4, 0.5) is 0 Å². The number of carbonyl (C=O) groups excluding carboxylic acids is 2. The lowest BCUT2D eigenvalue weighted by Gasteiger charge is -2.43. The summed E-state index contributed by atoms with van der Waals surface area (Å²) in [5, 5.41) is 6.89. The average molecular weight is 626 g/mol. The quantitative estimate of drug-likeness (QED) is 0.206. The number of ether oxygens (including phenoxy) is 2. The largest absolute Gasteiger partial charge is 0.543 e. The number of aromatic nitrogens is 2. The van der Waals surface area contributed by atoms with Crippen molar-refractivity contribution < 1.29 is 28.0 Å². The highest BCUT2D eigenvalue weighted by Crippen LogP contribution is 2.47. The number of hydrogen-bond donors (Lipinski definition) is 1. The number of esters is 1. The number of hydrogen-bond acceptors (Lipinski definition) is 9. The van der Waals surface area contributed by atoms with Gasteiger partial charge in [-0.05, 0) is 44.3 Å². The zero-order valence-corrected chi connectivity index (χ0v) is 28.3. The van der Waals surface area contributed by atoms with Crippen LogP contribution in [0, 0.1) is 25.7 Å². The van der Waals surface area contributed by atoms with Crippen LogP contribution in [0.2, 0.25) is 18.1 Å². The summed E-state index contributed by atoms with van der Waals surface area (Å²) < 4.78 is 23.9. The van der Waals surface area contributed by atoms with Crippen LogP contribution >= 0.6 is 23.4 Å². The number of thioether (sulfide) groups is 1. The molecule has 1 N–H and O–H groups in total. The molecule has 12 heteroatoms. The smallest absolute Gasteiger partial charge is 0.338 e. The van der Waals surface area contributed by atoms with E-state index >= 15 is 0 Å². The van der Waals surface area contributed by atoms with E-state index in [2.05, 4.69) is 56.2 Å². The molecular weight excluding hydrogens is 582 g/mol. The van der Waals surface area contributed by atoms with Crippen LogP contribution in [-0.4, -0.2) is 55.7 Å². The van der Waals surface area contributed by atoms with Crippen LogP contribution in [0.5, 0.6) is 11.5 Å². The molecule has 2 aromatic rings. The fraction of sp³-hybridized carbons (Fsp3) is 0.655. The molecule has 2 atom stereocenters. The molecule has 1 aliphatic heterocycles. The molecule has 1 aromatic heterocycles. The number of nitrogens with zero attached hydrogens (tertiary/aromatic N) is 2. The molecule has 9 nitrogen and oxygen atoms in total. The van der Waals surface area contributed by atoms with Gasteiger partial charge in [-0.2, -0.15) is 16.7 Å². The van der Waals surface area contributed by atoms with Gasteiger partial charge < -0.3 is 23.7 Å². The summed E-state index contributed by atoms with van der Waals surface area (Å²) in [6.45, 7) is 17.0. The van der Waals surface area contributed by atoms with Crippen LogP contribution in [-0.2, 0) is 15.3 Å². The number of carbonyl (C=O) groups is 2. The van der Waals surface area contributed by atoms with Gasteiger partial charge in [0.25, 0.3) is 8.32 Å². The van der Waals surface area contributed by atoms with E-state index < -0.39 is 20.3 Å². The first kappa shape index (κ1) is 33.3. The Morgan fingerprint density at radius 2 is 1.95 bits per heavy atom. The molecule has 0 fully saturated rings. The summed E-state index contributed by atoms with van der Waals surface area (Å²) in [6, 6.07) is 1.40. The van der Waals surface area contributed by atoms with Crippen molar-refractivity contribution in [3.63, 3.8) is 0 Å². The summed E-state index contributed by atoms with van der Waals surface area (Å²) in [7, 11) is -0.779. The Morgan fingerprint density at radius 1 is 1.24 bits per heavy atom. The average Bonchev–Trinajstić information content (AvgIpc) is 3.34. The first-order valence-electron chi connectivity index (χ1n) is 14.0. The third-order valence-corrected chi connectivity index (χ3v) is 14.5. The minimum absolute atomic E-state index is 0.0635. The maximum absolute atomic E-state index is 13.7. The summed E-state index contributed by atoms with van der Waals surface area (Å²) in [4.78, 5) is 30.9. The Morgan fingerprint density at radius 3 is 2.54 bits per heavy atom.